The normalized spacial score (nSPS) is 10.5. The zero-order chi connectivity index (χ0) is 12.1. The van der Waals surface area contributed by atoms with Gasteiger partial charge in [0.05, 0.1) is 0 Å². The van der Waals surface area contributed by atoms with Crippen molar-refractivity contribution >= 4 is 11.7 Å². The molecule has 0 unspecified atom stereocenters. The van der Waals surface area contributed by atoms with Gasteiger partial charge in [0.1, 0.15) is 6.54 Å². The molecule has 4 heteroatoms. The molecular weight excluding hydrogens is 204 g/mol. The van der Waals surface area contributed by atoms with E-state index in [2.05, 4.69) is 18.8 Å². The van der Waals surface area contributed by atoms with E-state index in [9.17, 15) is 4.79 Å². The Morgan fingerprint density at radius 3 is 2.75 bits per heavy atom. The highest BCUT2D eigenvalue weighted by molar-refractivity contribution is 5.73. The molecule has 1 aromatic rings. The number of rotatable bonds is 5. The van der Waals surface area contributed by atoms with Crippen LogP contribution in [0.3, 0.4) is 0 Å². The van der Waals surface area contributed by atoms with Gasteiger partial charge in [-0.25, -0.2) is 0 Å². The van der Waals surface area contributed by atoms with Crippen molar-refractivity contribution in [2.45, 2.75) is 20.8 Å². The molecule has 1 heterocycles. The first-order valence-electron chi connectivity index (χ1n) is 5.38. The van der Waals surface area contributed by atoms with Gasteiger partial charge in [-0.1, -0.05) is 13.8 Å². The van der Waals surface area contributed by atoms with E-state index in [4.69, 9.17) is 5.11 Å². The smallest absolute Gasteiger partial charge is 0.323 e. The summed E-state index contributed by atoms with van der Waals surface area (Å²) in [6, 6.07) is 3.75. The van der Waals surface area contributed by atoms with Crippen LogP contribution in [0, 0.1) is 12.8 Å². The number of aromatic nitrogens is 1. The predicted molar refractivity (Wildman–Crippen MR) is 63.7 cm³/mol. The van der Waals surface area contributed by atoms with Crippen LogP contribution in [0.25, 0.3) is 0 Å². The number of hydrogen-bond acceptors (Lipinski definition) is 3. The number of carbonyl (C=O) groups is 1. The number of hydrogen-bond donors (Lipinski definition) is 1. The van der Waals surface area contributed by atoms with E-state index < -0.39 is 5.97 Å². The van der Waals surface area contributed by atoms with E-state index >= 15 is 0 Å². The number of aryl methyl sites for hydroxylation is 1. The van der Waals surface area contributed by atoms with E-state index in [1.54, 1.807) is 6.20 Å². The van der Waals surface area contributed by atoms with Gasteiger partial charge in [0.25, 0.3) is 0 Å². The minimum absolute atomic E-state index is 0.0294. The Hall–Kier alpha value is -1.58. The third kappa shape index (κ3) is 3.88. The largest absolute Gasteiger partial charge is 0.480 e. The summed E-state index contributed by atoms with van der Waals surface area (Å²) in [5, 5.41) is 8.87. The molecule has 1 N–H and O–H groups in total. The van der Waals surface area contributed by atoms with Gasteiger partial charge in [-0.2, -0.15) is 0 Å². The Morgan fingerprint density at radius 1 is 1.56 bits per heavy atom. The number of nitrogens with zero attached hydrogens (tertiary/aromatic N) is 2. The molecule has 4 nitrogen and oxygen atoms in total. The Morgan fingerprint density at radius 2 is 2.25 bits per heavy atom. The number of carboxylic acids is 1. The quantitative estimate of drug-likeness (QED) is 0.827. The maximum atomic E-state index is 10.8. The molecule has 0 aliphatic rings. The lowest BCUT2D eigenvalue weighted by Crippen LogP contribution is -2.33. The molecule has 1 rings (SSSR count). The predicted octanol–water partition coefficient (Wildman–Crippen LogP) is 1.94. The summed E-state index contributed by atoms with van der Waals surface area (Å²) in [6.07, 6.45) is 1.71. The lowest BCUT2D eigenvalue weighted by Gasteiger charge is -2.24. The molecule has 0 spiro atoms. The van der Waals surface area contributed by atoms with Crippen molar-refractivity contribution in [3.63, 3.8) is 0 Å². The summed E-state index contributed by atoms with van der Waals surface area (Å²) in [4.78, 5) is 16.8. The second-order valence-corrected chi connectivity index (χ2v) is 4.32. The minimum atomic E-state index is -0.810. The zero-order valence-electron chi connectivity index (χ0n) is 9.97. The molecule has 0 bridgehead atoms. The van der Waals surface area contributed by atoms with Gasteiger partial charge in [-0.3, -0.25) is 9.78 Å². The summed E-state index contributed by atoms with van der Waals surface area (Å²) in [6.45, 7) is 6.81. The lowest BCUT2D eigenvalue weighted by molar-refractivity contribution is -0.135. The van der Waals surface area contributed by atoms with Gasteiger partial charge < -0.3 is 10.0 Å². The van der Waals surface area contributed by atoms with E-state index in [0.29, 0.717) is 5.92 Å². The van der Waals surface area contributed by atoms with Crippen molar-refractivity contribution < 1.29 is 9.90 Å². The van der Waals surface area contributed by atoms with Crippen LogP contribution in [0.15, 0.2) is 18.3 Å². The summed E-state index contributed by atoms with van der Waals surface area (Å²) in [7, 11) is 0. The molecule has 0 saturated carbocycles. The van der Waals surface area contributed by atoms with Crippen LogP contribution in [0.4, 0.5) is 5.69 Å². The van der Waals surface area contributed by atoms with Crippen LogP contribution in [-0.4, -0.2) is 29.1 Å². The van der Waals surface area contributed by atoms with Crippen LogP contribution < -0.4 is 4.90 Å². The van der Waals surface area contributed by atoms with Gasteiger partial charge >= 0.3 is 5.97 Å². The van der Waals surface area contributed by atoms with Crippen LogP contribution in [0.2, 0.25) is 0 Å². The first kappa shape index (κ1) is 12.5. The fraction of sp³-hybridized carbons (Fsp3) is 0.500. The topological polar surface area (TPSA) is 53.4 Å². The van der Waals surface area contributed by atoms with Gasteiger partial charge in [-0.15, -0.1) is 0 Å². The van der Waals surface area contributed by atoms with Crippen LogP contribution in [-0.2, 0) is 4.79 Å². The average molecular weight is 222 g/mol. The molecule has 88 valence electrons. The maximum absolute atomic E-state index is 10.8. The molecule has 0 aromatic carbocycles. The molecular formula is C12H18N2O2. The zero-order valence-corrected chi connectivity index (χ0v) is 9.97. The van der Waals surface area contributed by atoms with Crippen molar-refractivity contribution in [1.82, 2.24) is 4.98 Å². The van der Waals surface area contributed by atoms with Crippen molar-refractivity contribution in [2.24, 2.45) is 5.92 Å². The van der Waals surface area contributed by atoms with Crippen molar-refractivity contribution in [3.8, 4) is 0 Å². The molecule has 0 amide bonds. The summed E-state index contributed by atoms with van der Waals surface area (Å²) >= 11 is 0. The Labute approximate surface area is 95.9 Å². The number of pyridine rings is 1. The summed E-state index contributed by atoms with van der Waals surface area (Å²) in [5.74, 6) is -0.386. The number of anilines is 1. The van der Waals surface area contributed by atoms with Gasteiger partial charge in [0.15, 0.2) is 0 Å². The number of aliphatic carboxylic acids is 1. The highest BCUT2D eigenvalue weighted by Gasteiger charge is 2.12. The minimum Gasteiger partial charge on any atom is -0.480 e. The fourth-order valence-corrected chi connectivity index (χ4v) is 1.59. The van der Waals surface area contributed by atoms with E-state index in [1.165, 1.54) is 0 Å². The summed E-state index contributed by atoms with van der Waals surface area (Å²) < 4.78 is 0. The second-order valence-electron chi connectivity index (χ2n) is 4.32. The third-order valence-corrected chi connectivity index (χ3v) is 2.16. The first-order chi connectivity index (χ1) is 7.49. The standard InChI is InChI=1S/C12H18N2O2/c1-9(2)7-14(8-12(15)16)11-4-5-13-10(3)6-11/h4-6,9H,7-8H2,1-3H3,(H,15,16). The molecule has 0 saturated heterocycles. The molecule has 0 atom stereocenters. The van der Waals surface area contributed by atoms with Crippen LogP contribution in [0.5, 0.6) is 0 Å². The molecule has 0 radical (unpaired) electrons. The second kappa shape index (κ2) is 5.49. The highest BCUT2D eigenvalue weighted by Crippen LogP contribution is 2.15. The molecule has 16 heavy (non-hydrogen) atoms. The van der Waals surface area contributed by atoms with Crippen molar-refractivity contribution in [3.05, 3.63) is 24.0 Å². The SMILES string of the molecule is Cc1cc(N(CC(=O)O)CC(C)C)ccn1. The number of carboxylic acid groups (broad SMARTS) is 1. The van der Waals surface area contributed by atoms with Gasteiger partial charge in [0, 0.05) is 24.1 Å². The van der Waals surface area contributed by atoms with Crippen molar-refractivity contribution in [1.29, 1.82) is 0 Å². The van der Waals surface area contributed by atoms with Gasteiger partial charge in [-0.05, 0) is 25.0 Å². The molecule has 1 aromatic heterocycles. The molecule has 0 aliphatic carbocycles. The van der Waals surface area contributed by atoms with Crippen LogP contribution in [0.1, 0.15) is 19.5 Å². The Balaban J connectivity index is 2.86. The Kier molecular flexibility index (Phi) is 4.28. The average Bonchev–Trinajstić information content (AvgIpc) is 2.15. The highest BCUT2D eigenvalue weighted by atomic mass is 16.4. The van der Waals surface area contributed by atoms with E-state index in [-0.39, 0.29) is 6.54 Å². The van der Waals surface area contributed by atoms with E-state index in [0.717, 1.165) is 17.9 Å². The van der Waals surface area contributed by atoms with Gasteiger partial charge in [0.2, 0.25) is 0 Å². The van der Waals surface area contributed by atoms with Crippen molar-refractivity contribution in [2.75, 3.05) is 18.0 Å². The summed E-state index contributed by atoms with van der Waals surface area (Å²) in [5.41, 5.74) is 1.82. The lowest BCUT2D eigenvalue weighted by atomic mass is 10.2. The first-order valence-corrected chi connectivity index (χ1v) is 5.38. The fourth-order valence-electron chi connectivity index (χ4n) is 1.59. The molecule has 0 aliphatic heterocycles. The monoisotopic (exact) mass is 222 g/mol. The Bertz CT molecular complexity index is 364. The van der Waals surface area contributed by atoms with E-state index in [1.807, 2.05) is 24.0 Å². The maximum Gasteiger partial charge on any atom is 0.323 e. The molecule has 0 fully saturated rings. The van der Waals surface area contributed by atoms with Crippen LogP contribution >= 0.6 is 0 Å². The third-order valence-electron chi connectivity index (χ3n) is 2.16.